The van der Waals surface area contributed by atoms with Crippen molar-refractivity contribution in [1.82, 2.24) is 9.97 Å². The van der Waals surface area contributed by atoms with Crippen LogP contribution in [0.1, 0.15) is 6.42 Å². The van der Waals surface area contributed by atoms with Crippen molar-refractivity contribution in [3.05, 3.63) is 48.5 Å². The van der Waals surface area contributed by atoms with E-state index in [0.29, 0.717) is 24.6 Å². The van der Waals surface area contributed by atoms with E-state index in [9.17, 15) is 0 Å². The number of aliphatic hydroxyl groups excluding tert-OH is 1. The maximum atomic E-state index is 8.93. The third-order valence-electron chi connectivity index (χ3n) is 3.40. The number of nitrogens with zero attached hydrogens (tertiary/aromatic N) is 2. The topological polar surface area (TPSA) is 96.1 Å². The van der Waals surface area contributed by atoms with Crippen LogP contribution in [0.5, 0.6) is 0 Å². The molecule has 0 bridgehead atoms. The molecule has 1 heterocycles. The Morgan fingerprint density at radius 2 is 1.78 bits per heavy atom. The second-order valence-electron chi connectivity index (χ2n) is 5.16. The summed E-state index contributed by atoms with van der Waals surface area (Å²) in [6, 6.07) is 15.2. The predicted molar refractivity (Wildman–Crippen MR) is 93.9 cm³/mol. The number of fused-ring (bicyclic) bond motifs is 1. The van der Waals surface area contributed by atoms with Gasteiger partial charge in [-0.2, -0.15) is 4.98 Å². The summed E-state index contributed by atoms with van der Waals surface area (Å²) in [6.07, 6.45) is 0.666. The van der Waals surface area contributed by atoms with Gasteiger partial charge in [0.2, 0.25) is 5.95 Å². The quantitative estimate of drug-likeness (QED) is 0.413. The molecule has 6 heteroatoms. The minimum absolute atomic E-state index is 0.145. The second-order valence-corrected chi connectivity index (χ2v) is 5.16. The highest BCUT2D eigenvalue weighted by Gasteiger charge is 2.07. The van der Waals surface area contributed by atoms with Crippen molar-refractivity contribution in [1.29, 1.82) is 0 Å². The largest absolute Gasteiger partial charge is 0.399 e. The molecular weight excluding hydrogens is 290 g/mol. The van der Waals surface area contributed by atoms with Crippen LogP contribution in [0.2, 0.25) is 0 Å². The smallest absolute Gasteiger partial charge is 0.229 e. The lowest BCUT2D eigenvalue weighted by molar-refractivity contribution is 0.292. The van der Waals surface area contributed by atoms with Gasteiger partial charge in [-0.15, -0.1) is 0 Å². The molecule has 0 aliphatic carbocycles. The zero-order valence-electron chi connectivity index (χ0n) is 12.7. The lowest BCUT2D eigenvalue weighted by atomic mass is 10.2. The third kappa shape index (κ3) is 3.67. The molecule has 0 amide bonds. The number of hydrogen-bond acceptors (Lipinski definition) is 6. The van der Waals surface area contributed by atoms with Gasteiger partial charge in [0, 0.05) is 29.9 Å². The molecular formula is C17H19N5O. The van der Waals surface area contributed by atoms with Gasteiger partial charge in [0.15, 0.2) is 0 Å². The maximum absolute atomic E-state index is 8.93. The Morgan fingerprint density at radius 3 is 2.57 bits per heavy atom. The van der Waals surface area contributed by atoms with Crippen molar-refractivity contribution < 1.29 is 5.11 Å². The molecule has 0 unspecified atom stereocenters. The zero-order chi connectivity index (χ0) is 16.1. The molecule has 0 fully saturated rings. The summed E-state index contributed by atoms with van der Waals surface area (Å²) in [7, 11) is 0. The van der Waals surface area contributed by atoms with Crippen molar-refractivity contribution in [3.63, 3.8) is 0 Å². The molecule has 0 aliphatic rings. The normalized spacial score (nSPS) is 10.7. The van der Waals surface area contributed by atoms with Gasteiger partial charge in [0.05, 0.1) is 5.52 Å². The molecule has 118 valence electrons. The molecule has 3 aromatic rings. The Bertz CT molecular complexity index is 789. The Morgan fingerprint density at radius 1 is 1.00 bits per heavy atom. The van der Waals surface area contributed by atoms with Crippen LogP contribution < -0.4 is 16.4 Å². The van der Waals surface area contributed by atoms with Crippen LogP contribution in [-0.4, -0.2) is 28.2 Å². The van der Waals surface area contributed by atoms with Crippen molar-refractivity contribution in [3.8, 4) is 0 Å². The number of nitrogens with two attached hydrogens (primary N) is 1. The Kier molecular flexibility index (Phi) is 4.54. The van der Waals surface area contributed by atoms with Gasteiger partial charge in [0.25, 0.3) is 0 Å². The van der Waals surface area contributed by atoms with Crippen LogP contribution in [0.4, 0.5) is 23.1 Å². The average Bonchev–Trinajstić information content (AvgIpc) is 2.57. The monoisotopic (exact) mass is 309 g/mol. The minimum Gasteiger partial charge on any atom is -0.399 e. The molecule has 3 rings (SSSR count). The number of rotatable bonds is 6. The molecule has 1 aromatic heterocycles. The number of aliphatic hydroxyl groups is 1. The molecule has 23 heavy (non-hydrogen) atoms. The van der Waals surface area contributed by atoms with Gasteiger partial charge in [-0.3, -0.25) is 0 Å². The van der Waals surface area contributed by atoms with Crippen molar-refractivity contribution in [2.24, 2.45) is 0 Å². The highest BCUT2D eigenvalue weighted by molar-refractivity contribution is 5.90. The lowest BCUT2D eigenvalue weighted by Crippen LogP contribution is -2.08. The Labute approximate surface area is 134 Å². The van der Waals surface area contributed by atoms with Gasteiger partial charge in [-0.05, 0) is 42.8 Å². The van der Waals surface area contributed by atoms with Crippen molar-refractivity contribution >= 4 is 34.0 Å². The summed E-state index contributed by atoms with van der Waals surface area (Å²) in [5.74, 6) is 1.27. The summed E-state index contributed by atoms with van der Waals surface area (Å²) < 4.78 is 0. The second kappa shape index (κ2) is 6.93. The Hall–Kier alpha value is -2.86. The van der Waals surface area contributed by atoms with E-state index in [0.717, 1.165) is 22.4 Å². The number of benzene rings is 2. The van der Waals surface area contributed by atoms with Crippen LogP contribution in [0, 0.1) is 0 Å². The van der Waals surface area contributed by atoms with E-state index in [1.54, 1.807) is 0 Å². The molecule has 0 atom stereocenters. The van der Waals surface area contributed by atoms with Gasteiger partial charge in [0.1, 0.15) is 5.82 Å². The predicted octanol–water partition coefficient (Wildman–Crippen LogP) is 2.75. The number of hydrogen-bond donors (Lipinski definition) is 4. The van der Waals surface area contributed by atoms with Gasteiger partial charge < -0.3 is 21.5 Å². The van der Waals surface area contributed by atoms with Crippen LogP contribution in [0.3, 0.4) is 0 Å². The average molecular weight is 309 g/mol. The first-order valence-corrected chi connectivity index (χ1v) is 7.50. The first kappa shape index (κ1) is 15.1. The SMILES string of the molecule is Nc1ccc(Nc2nc(NCCCO)c3ccccc3n2)cc1. The zero-order valence-corrected chi connectivity index (χ0v) is 12.7. The van der Waals surface area contributed by atoms with E-state index in [2.05, 4.69) is 20.6 Å². The van der Waals surface area contributed by atoms with Gasteiger partial charge >= 0.3 is 0 Å². The van der Waals surface area contributed by atoms with E-state index < -0.39 is 0 Å². The summed E-state index contributed by atoms with van der Waals surface area (Å²) in [5.41, 5.74) is 8.13. The maximum Gasteiger partial charge on any atom is 0.229 e. The van der Waals surface area contributed by atoms with E-state index in [1.807, 2.05) is 48.5 Å². The first-order valence-electron chi connectivity index (χ1n) is 7.50. The van der Waals surface area contributed by atoms with Gasteiger partial charge in [-0.25, -0.2) is 4.98 Å². The van der Waals surface area contributed by atoms with Crippen LogP contribution >= 0.6 is 0 Å². The van der Waals surface area contributed by atoms with E-state index >= 15 is 0 Å². The summed E-state index contributed by atoms with van der Waals surface area (Å²) >= 11 is 0. The number of aromatic nitrogens is 2. The molecule has 0 spiro atoms. The molecule has 0 saturated carbocycles. The van der Waals surface area contributed by atoms with E-state index in [-0.39, 0.29) is 6.61 Å². The number of para-hydroxylation sites is 1. The highest BCUT2D eigenvalue weighted by atomic mass is 16.3. The number of nitrogens with one attached hydrogen (secondary N) is 2. The molecule has 0 radical (unpaired) electrons. The fourth-order valence-corrected chi connectivity index (χ4v) is 2.25. The Balaban J connectivity index is 1.92. The fourth-order valence-electron chi connectivity index (χ4n) is 2.25. The van der Waals surface area contributed by atoms with E-state index in [4.69, 9.17) is 10.8 Å². The van der Waals surface area contributed by atoms with Crippen LogP contribution in [0.25, 0.3) is 10.9 Å². The lowest BCUT2D eigenvalue weighted by Gasteiger charge is -2.11. The summed E-state index contributed by atoms with van der Waals surface area (Å²) in [5, 5.41) is 16.3. The molecule has 2 aromatic carbocycles. The molecule has 0 saturated heterocycles. The van der Waals surface area contributed by atoms with Crippen LogP contribution in [-0.2, 0) is 0 Å². The standard InChI is InChI=1S/C17H19N5O/c18-12-6-8-13(9-7-12)20-17-21-15-5-2-1-4-14(15)16(22-17)19-10-3-11-23/h1-2,4-9,23H,3,10-11,18H2,(H2,19,20,21,22). The van der Waals surface area contributed by atoms with Crippen LogP contribution in [0.15, 0.2) is 48.5 Å². The van der Waals surface area contributed by atoms with E-state index in [1.165, 1.54) is 0 Å². The highest BCUT2D eigenvalue weighted by Crippen LogP contribution is 2.23. The third-order valence-corrected chi connectivity index (χ3v) is 3.40. The minimum atomic E-state index is 0.145. The fraction of sp³-hybridized carbons (Fsp3) is 0.176. The van der Waals surface area contributed by atoms with Gasteiger partial charge in [-0.1, -0.05) is 12.1 Å². The molecule has 5 N–H and O–H groups in total. The summed E-state index contributed by atoms with van der Waals surface area (Å²) in [6.45, 7) is 0.797. The summed E-state index contributed by atoms with van der Waals surface area (Å²) in [4.78, 5) is 9.08. The molecule has 0 aliphatic heterocycles. The van der Waals surface area contributed by atoms with Crippen molar-refractivity contribution in [2.45, 2.75) is 6.42 Å². The van der Waals surface area contributed by atoms with Crippen molar-refractivity contribution in [2.75, 3.05) is 29.5 Å². The number of anilines is 4. The number of nitrogen functional groups attached to an aromatic ring is 1. The molecule has 6 nitrogen and oxygen atoms in total. The first-order chi connectivity index (χ1) is 11.3.